The third kappa shape index (κ3) is 1.15. The van der Waals surface area contributed by atoms with Crippen LogP contribution >= 0.6 is 0 Å². The van der Waals surface area contributed by atoms with E-state index < -0.39 is 5.60 Å². The van der Waals surface area contributed by atoms with E-state index in [0.717, 1.165) is 18.4 Å². The summed E-state index contributed by atoms with van der Waals surface area (Å²) in [5, 5.41) is 10.1. The molecule has 1 aromatic heterocycles. The molecule has 1 aromatic rings. The van der Waals surface area contributed by atoms with Crippen LogP contribution in [0.1, 0.15) is 24.8 Å². The SMILES string of the molecule is NC1CCC(O)(c2ccoc2)C1. The molecule has 2 rings (SSSR count). The van der Waals surface area contributed by atoms with Crippen LogP contribution in [0.25, 0.3) is 0 Å². The van der Waals surface area contributed by atoms with Gasteiger partial charge in [-0.3, -0.25) is 0 Å². The molecule has 0 spiro atoms. The van der Waals surface area contributed by atoms with Crippen LogP contribution in [0.4, 0.5) is 0 Å². The molecular formula is C9H13NO2. The van der Waals surface area contributed by atoms with Gasteiger partial charge in [-0.2, -0.15) is 0 Å². The minimum absolute atomic E-state index is 0.130. The lowest BCUT2D eigenvalue weighted by atomic mass is 9.95. The van der Waals surface area contributed by atoms with E-state index in [1.165, 1.54) is 0 Å². The Morgan fingerprint density at radius 2 is 2.50 bits per heavy atom. The Morgan fingerprint density at radius 1 is 1.67 bits per heavy atom. The molecule has 1 aliphatic carbocycles. The van der Waals surface area contributed by atoms with Gasteiger partial charge in [0, 0.05) is 11.6 Å². The number of rotatable bonds is 1. The van der Waals surface area contributed by atoms with Crippen molar-refractivity contribution in [1.29, 1.82) is 0 Å². The smallest absolute Gasteiger partial charge is 0.0963 e. The first-order chi connectivity index (χ1) is 5.71. The van der Waals surface area contributed by atoms with Gasteiger partial charge in [0.2, 0.25) is 0 Å². The molecule has 1 heterocycles. The molecule has 3 N–H and O–H groups in total. The maximum Gasteiger partial charge on any atom is 0.0963 e. The molecule has 1 aliphatic rings. The maximum atomic E-state index is 10.1. The second kappa shape index (κ2) is 2.61. The zero-order valence-electron chi connectivity index (χ0n) is 6.86. The normalized spacial score (nSPS) is 35.7. The van der Waals surface area contributed by atoms with Gasteiger partial charge < -0.3 is 15.3 Å². The molecule has 3 heteroatoms. The highest BCUT2D eigenvalue weighted by Crippen LogP contribution is 2.37. The van der Waals surface area contributed by atoms with Crippen molar-refractivity contribution < 1.29 is 9.52 Å². The Kier molecular flexibility index (Phi) is 1.70. The largest absolute Gasteiger partial charge is 0.472 e. The second-order valence-electron chi connectivity index (χ2n) is 3.55. The number of hydrogen-bond donors (Lipinski definition) is 2. The predicted molar refractivity (Wildman–Crippen MR) is 44.4 cm³/mol. The van der Waals surface area contributed by atoms with Crippen LogP contribution in [0.15, 0.2) is 23.0 Å². The Bertz CT molecular complexity index is 258. The van der Waals surface area contributed by atoms with Crippen molar-refractivity contribution in [1.82, 2.24) is 0 Å². The highest BCUT2D eigenvalue weighted by atomic mass is 16.3. The first kappa shape index (κ1) is 7.83. The van der Waals surface area contributed by atoms with Gasteiger partial charge in [-0.1, -0.05) is 0 Å². The van der Waals surface area contributed by atoms with Gasteiger partial charge in [0.25, 0.3) is 0 Å². The van der Waals surface area contributed by atoms with E-state index in [-0.39, 0.29) is 6.04 Å². The topological polar surface area (TPSA) is 59.4 Å². The van der Waals surface area contributed by atoms with Crippen molar-refractivity contribution in [2.24, 2.45) is 5.73 Å². The fourth-order valence-electron chi connectivity index (χ4n) is 1.85. The van der Waals surface area contributed by atoms with E-state index in [4.69, 9.17) is 10.2 Å². The molecule has 2 unspecified atom stereocenters. The third-order valence-corrected chi connectivity index (χ3v) is 2.59. The van der Waals surface area contributed by atoms with E-state index in [0.29, 0.717) is 6.42 Å². The van der Waals surface area contributed by atoms with E-state index in [2.05, 4.69) is 0 Å². The standard InChI is InChI=1S/C9H13NO2/c10-8-1-3-9(11,5-8)7-2-4-12-6-7/h2,4,6,8,11H,1,3,5,10H2. The molecule has 66 valence electrons. The summed E-state index contributed by atoms with van der Waals surface area (Å²) in [4.78, 5) is 0. The lowest BCUT2D eigenvalue weighted by Crippen LogP contribution is -2.24. The molecule has 0 aliphatic heterocycles. The Morgan fingerprint density at radius 3 is 3.00 bits per heavy atom. The third-order valence-electron chi connectivity index (χ3n) is 2.59. The number of nitrogens with two attached hydrogens (primary N) is 1. The van der Waals surface area contributed by atoms with Gasteiger partial charge in [0.15, 0.2) is 0 Å². The molecule has 12 heavy (non-hydrogen) atoms. The number of hydrogen-bond acceptors (Lipinski definition) is 3. The van der Waals surface area contributed by atoms with E-state index >= 15 is 0 Å². The highest BCUT2D eigenvalue weighted by Gasteiger charge is 2.37. The molecule has 1 saturated carbocycles. The first-order valence-electron chi connectivity index (χ1n) is 4.21. The molecule has 0 amide bonds. The zero-order valence-corrected chi connectivity index (χ0v) is 6.86. The minimum Gasteiger partial charge on any atom is -0.472 e. The highest BCUT2D eigenvalue weighted by molar-refractivity contribution is 5.18. The van der Waals surface area contributed by atoms with Crippen LogP contribution in [-0.4, -0.2) is 11.1 Å². The Balaban J connectivity index is 2.23. The summed E-state index contributed by atoms with van der Waals surface area (Å²) in [7, 11) is 0. The number of aliphatic hydroxyl groups is 1. The molecule has 0 radical (unpaired) electrons. The van der Waals surface area contributed by atoms with Gasteiger partial charge in [-0.05, 0) is 25.3 Å². The summed E-state index contributed by atoms with van der Waals surface area (Å²) in [6.07, 6.45) is 5.46. The summed E-state index contributed by atoms with van der Waals surface area (Å²) in [6.45, 7) is 0. The fourth-order valence-corrected chi connectivity index (χ4v) is 1.85. The number of furan rings is 1. The zero-order chi connectivity index (χ0) is 8.60. The predicted octanol–water partition coefficient (Wildman–Crippen LogP) is 0.978. The van der Waals surface area contributed by atoms with Gasteiger partial charge in [0.05, 0.1) is 18.1 Å². The molecular weight excluding hydrogens is 154 g/mol. The van der Waals surface area contributed by atoms with Crippen molar-refractivity contribution in [3.05, 3.63) is 24.2 Å². The fraction of sp³-hybridized carbons (Fsp3) is 0.556. The van der Waals surface area contributed by atoms with Gasteiger partial charge >= 0.3 is 0 Å². The van der Waals surface area contributed by atoms with E-state index in [1.807, 2.05) is 0 Å². The summed E-state index contributed by atoms with van der Waals surface area (Å²) in [5.74, 6) is 0. The monoisotopic (exact) mass is 167 g/mol. The van der Waals surface area contributed by atoms with Crippen molar-refractivity contribution in [2.45, 2.75) is 30.9 Å². The first-order valence-corrected chi connectivity index (χ1v) is 4.21. The molecule has 1 fully saturated rings. The lowest BCUT2D eigenvalue weighted by molar-refractivity contribution is 0.0425. The van der Waals surface area contributed by atoms with E-state index in [1.54, 1.807) is 18.6 Å². The minimum atomic E-state index is -0.730. The van der Waals surface area contributed by atoms with Crippen LogP contribution < -0.4 is 5.73 Å². The van der Waals surface area contributed by atoms with Crippen LogP contribution in [0.5, 0.6) is 0 Å². The second-order valence-corrected chi connectivity index (χ2v) is 3.55. The lowest BCUT2D eigenvalue weighted by Gasteiger charge is -2.20. The molecule has 3 nitrogen and oxygen atoms in total. The van der Waals surface area contributed by atoms with Gasteiger partial charge in [0.1, 0.15) is 0 Å². The average Bonchev–Trinajstić information content (AvgIpc) is 2.59. The molecule has 2 atom stereocenters. The maximum absolute atomic E-state index is 10.1. The Hall–Kier alpha value is -0.800. The summed E-state index contributed by atoms with van der Waals surface area (Å²) in [6, 6.07) is 1.93. The van der Waals surface area contributed by atoms with Crippen molar-refractivity contribution in [3.8, 4) is 0 Å². The van der Waals surface area contributed by atoms with Crippen LogP contribution in [-0.2, 0) is 5.60 Å². The van der Waals surface area contributed by atoms with Gasteiger partial charge in [-0.15, -0.1) is 0 Å². The van der Waals surface area contributed by atoms with Crippen LogP contribution in [0.2, 0.25) is 0 Å². The quantitative estimate of drug-likeness (QED) is 0.655. The van der Waals surface area contributed by atoms with E-state index in [9.17, 15) is 5.11 Å². The average molecular weight is 167 g/mol. The van der Waals surface area contributed by atoms with Crippen molar-refractivity contribution in [3.63, 3.8) is 0 Å². The molecule has 0 aromatic carbocycles. The Labute approximate surface area is 71.2 Å². The molecule has 0 saturated heterocycles. The van der Waals surface area contributed by atoms with Gasteiger partial charge in [-0.25, -0.2) is 0 Å². The van der Waals surface area contributed by atoms with Crippen LogP contribution in [0, 0.1) is 0 Å². The summed E-state index contributed by atoms with van der Waals surface area (Å²) >= 11 is 0. The summed E-state index contributed by atoms with van der Waals surface area (Å²) in [5.41, 5.74) is 5.85. The van der Waals surface area contributed by atoms with Crippen molar-refractivity contribution in [2.75, 3.05) is 0 Å². The molecule has 0 bridgehead atoms. The van der Waals surface area contributed by atoms with Crippen LogP contribution in [0.3, 0.4) is 0 Å². The summed E-state index contributed by atoms with van der Waals surface area (Å²) < 4.78 is 4.93. The van der Waals surface area contributed by atoms with Crippen molar-refractivity contribution >= 4 is 0 Å².